The SMILES string of the molecule is Nc1cncc(Br)c1NCCn1ccnn1. The number of rotatable bonds is 4. The maximum Gasteiger partial charge on any atom is 0.0750 e. The molecule has 0 saturated carbocycles. The second-order valence-corrected chi connectivity index (χ2v) is 4.03. The lowest BCUT2D eigenvalue weighted by molar-refractivity contribution is 0.609. The molecular formula is C9H11BrN6. The molecule has 0 spiro atoms. The van der Waals surface area contributed by atoms with Crippen LogP contribution in [-0.2, 0) is 6.54 Å². The molecule has 0 fully saturated rings. The molecule has 2 heterocycles. The first-order valence-corrected chi connectivity index (χ1v) is 5.53. The summed E-state index contributed by atoms with van der Waals surface area (Å²) in [5.41, 5.74) is 7.27. The minimum atomic E-state index is 0.618. The lowest BCUT2D eigenvalue weighted by Gasteiger charge is -2.10. The van der Waals surface area contributed by atoms with Crippen molar-refractivity contribution in [2.24, 2.45) is 0 Å². The summed E-state index contributed by atoms with van der Waals surface area (Å²) in [5, 5.41) is 10.8. The lowest BCUT2D eigenvalue weighted by atomic mass is 10.3. The molecule has 0 aromatic carbocycles. The van der Waals surface area contributed by atoms with Gasteiger partial charge in [0.1, 0.15) is 0 Å². The first-order chi connectivity index (χ1) is 7.77. The first kappa shape index (κ1) is 10.9. The van der Waals surface area contributed by atoms with Gasteiger partial charge in [-0.05, 0) is 15.9 Å². The number of hydrogen-bond acceptors (Lipinski definition) is 5. The third-order valence-corrected chi connectivity index (χ3v) is 2.64. The van der Waals surface area contributed by atoms with Gasteiger partial charge in [0.25, 0.3) is 0 Å². The molecule has 84 valence electrons. The molecule has 7 heteroatoms. The Morgan fingerprint density at radius 2 is 2.31 bits per heavy atom. The molecule has 0 aliphatic rings. The zero-order valence-corrected chi connectivity index (χ0v) is 10.1. The van der Waals surface area contributed by atoms with Crippen LogP contribution in [0.1, 0.15) is 0 Å². The van der Waals surface area contributed by atoms with Crippen molar-refractivity contribution < 1.29 is 0 Å². The largest absolute Gasteiger partial charge is 0.396 e. The molecule has 0 saturated heterocycles. The van der Waals surface area contributed by atoms with Crippen LogP contribution in [-0.4, -0.2) is 26.5 Å². The summed E-state index contributed by atoms with van der Waals surface area (Å²) in [6.45, 7) is 1.45. The van der Waals surface area contributed by atoms with Gasteiger partial charge in [-0.1, -0.05) is 5.21 Å². The molecule has 0 bridgehead atoms. The molecule has 3 N–H and O–H groups in total. The standard InChI is InChI=1S/C9H11BrN6/c10-7-5-12-6-8(11)9(7)13-1-3-16-4-2-14-15-16/h2,4-6H,1,3,11H2,(H,12,13). The van der Waals surface area contributed by atoms with Gasteiger partial charge in [-0.25, -0.2) is 0 Å². The van der Waals surface area contributed by atoms with Crippen molar-refractivity contribution in [1.29, 1.82) is 0 Å². The number of anilines is 2. The number of hydrogen-bond donors (Lipinski definition) is 2. The second-order valence-electron chi connectivity index (χ2n) is 3.18. The molecule has 0 aliphatic heterocycles. The molecule has 2 aromatic rings. The van der Waals surface area contributed by atoms with Crippen molar-refractivity contribution in [3.05, 3.63) is 29.3 Å². The van der Waals surface area contributed by atoms with Crippen molar-refractivity contribution in [3.8, 4) is 0 Å². The average molecular weight is 283 g/mol. The molecule has 0 unspecified atom stereocenters. The van der Waals surface area contributed by atoms with E-state index in [9.17, 15) is 0 Å². The fourth-order valence-electron chi connectivity index (χ4n) is 1.28. The van der Waals surface area contributed by atoms with Crippen molar-refractivity contribution in [2.45, 2.75) is 6.54 Å². The number of nitrogens with one attached hydrogen (secondary N) is 1. The van der Waals surface area contributed by atoms with E-state index in [-0.39, 0.29) is 0 Å². The molecular weight excluding hydrogens is 272 g/mol. The Morgan fingerprint density at radius 1 is 1.44 bits per heavy atom. The van der Waals surface area contributed by atoms with Crippen molar-refractivity contribution in [3.63, 3.8) is 0 Å². The molecule has 0 amide bonds. The smallest absolute Gasteiger partial charge is 0.0750 e. The topological polar surface area (TPSA) is 81.6 Å². The summed E-state index contributed by atoms with van der Waals surface area (Å²) in [4.78, 5) is 3.96. The molecule has 6 nitrogen and oxygen atoms in total. The third kappa shape index (κ3) is 2.48. The van der Waals surface area contributed by atoms with Gasteiger partial charge in [-0.3, -0.25) is 9.67 Å². The van der Waals surface area contributed by atoms with E-state index >= 15 is 0 Å². The van der Waals surface area contributed by atoms with Gasteiger partial charge in [0.2, 0.25) is 0 Å². The second kappa shape index (κ2) is 4.93. The molecule has 0 radical (unpaired) electrons. The van der Waals surface area contributed by atoms with Crippen LogP contribution < -0.4 is 11.1 Å². The highest BCUT2D eigenvalue weighted by Gasteiger charge is 2.03. The molecule has 2 rings (SSSR count). The number of aromatic nitrogens is 4. The summed E-state index contributed by atoms with van der Waals surface area (Å²) in [6.07, 6.45) is 6.78. The minimum absolute atomic E-state index is 0.618. The van der Waals surface area contributed by atoms with E-state index in [1.807, 2.05) is 6.20 Å². The van der Waals surface area contributed by atoms with E-state index in [0.717, 1.165) is 23.2 Å². The normalized spacial score (nSPS) is 10.3. The molecule has 16 heavy (non-hydrogen) atoms. The van der Waals surface area contributed by atoms with Gasteiger partial charge in [0.05, 0.1) is 34.8 Å². The number of halogens is 1. The maximum atomic E-state index is 5.79. The summed E-state index contributed by atoms with van der Waals surface area (Å²) in [5.74, 6) is 0. The molecule has 2 aromatic heterocycles. The Bertz CT molecular complexity index is 435. The fraction of sp³-hybridized carbons (Fsp3) is 0.222. The van der Waals surface area contributed by atoms with Crippen molar-refractivity contribution in [2.75, 3.05) is 17.6 Å². The summed E-state index contributed by atoms with van der Waals surface area (Å²) in [7, 11) is 0. The Morgan fingerprint density at radius 3 is 3.00 bits per heavy atom. The van der Waals surface area contributed by atoms with Crippen LogP contribution in [0, 0.1) is 0 Å². The number of pyridine rings is 1. The zero-order valence-electron chi connectivity index (χ0n) is 8.47. The van der Waals surface area contributed by atoms with Crippen LogP contribution in [0.4, 0.5) is 11.4 Å². The number of nitrogens with zero attached hydrogens (tertiary/aromatic N) is 4. The van der Waals surface area contributed by atoms with Gasteiger partial charge in [-0.15, -0.1) is 5.10 Å². The Labute approximate surface area is 101 Å². The third-order valence-electron chi connectivity index (χ3n) is 2.04. The van der Waals surface area contributed by atoms with E-state index in [2.05, 4.69) is 36.5 Å². The van der Waals surface area contributed by atoms with Gasteiger partial charge in [0.15, 0.2) is 0 Å². The lowest BCUT2D eigenvalue weighted by Crippen LogP contribution is -2.12. The predicted molar refractivity (Wildman–Crippen MR) is 64.9 cm³/mol. The predicted octanol–water partition coefficient (Wildman–Crippen LogP) is 1.13. The van der Waals surface area contributed by atoms with E-state index in [1.54, 1.807) is 23.3 Å². The monoisotopic (exact) mass is 282 g/mol. The quantitative estimate of drug-likeness (QED) is 0.879. The highest BCUT2D eigenvalue weighted by Crippen LogP contribution is 2.26. The van der Waals surface area contributed by atoms with Gasteiger partial charge in [0, 0.05) is 18.9 Å². The van der Waals surface area contributed by atoms with Crippen LogP contribution >= 0.6 is 15.9 Å². The maximum absolute atomic E-state index is 5.79. The fourth-order valence-corrected chi connectivity index (χ4v) is 1.77. The zero-order chi connectivity index (χ0) is 11.4. The van der Waals surface area contributed by atoms with Gasteiger partial charge in [-0.2, -0.15) is 0 Å². The highest BCUT2D eigenvalue weighted by atomic mass is 79.9. The van der Waals surface area contributed by atoms with Crippen LogP contribution in [0.3, 0.4) is 0 Å². The molecule has 0 atom stereocenters. The Kier molecular flexibility index (Phi) is 3.35. The van der Waals surface area contributed by atoms with E-state index in [4.69, 9.17) is 5.73 Å². The van der Waals surface area contributed by atoms with Crippen LogP contribution in [0.15, 0.2) is 29.3 Å². The van der Waals surface area contributed by atoms with Gasteiger partial charge >= 0.3 is 0 Å². The highest BCUT2D eigenvalue weighted by molar-refractivity contribution is 9.10. The Hall–Kier alpha value is -1.63. The van der Waals surface area contributed by atoms with Crippen LogP contribution in [0.2, 0.25) is 0 Å². The van der Waals surface area contributed by atoms with Crippen LogP contribution in [0.25, 0.3) is 0 Å². The summed E-state index contributed by atoms with van der Waals surface area (Å²) < 4.78 is 2.60. The van der Waals surface area contributed by atoms with Crippen molar-refractivity contribution in [1.82, 2.24) is 20.0 Å². The summed E-state index contributed by atoms with van der Waals surface area (Å²) in [6, 6.07) is 0. The molecule has 0 aliphatic carbocycles. The van der Waals surface area contributed by atoms with E-state index in [1.165, 1.54) is 0 Å². The average Bonchev–Trinajstić information content (AvgIpc) is 2.75. The van der Waals surface area contributed by atoms with Crippen molar-refractivity contribution >= 4 is 27.3 Å². The Balaban J connectivity index is 1.95. The van der Waals surface area contributed by atoms with Gasteiger partial charge < -0.3 is 11.1 Å². The van der Waals surface area contributed by atoms with E-state index in [0.29, 0.717) is 5.69 Å². The van der Waals surface area contributed by atoms with Crippen LogP contribution in [0.5, 0.6) is 0 Å². The summed E-state index contributed by atoms with van der Waals surface area (Å²) >= 11 is 3.39. The minimum Gasteiger partial charge on any atom is -0.396 e. The first-order valence-electron chi connectivity index (χ1n) is 4.74. The van der Waals surface area contributed by atoms with E-state index < -0.39 is 0 Å². The number of nitrogen functional groups attached to an aromatic ring is 1. The number of nitrogens with two attached hydrogens (primary N) is 1.